The molecule has 1 saturated heterocycles. The molecule has 0 atom stereocenters. The standard InChI is InChI=1S/C21H26N2O3/c1-3-26-20-9-6-18(14-16(20)2)21(24)22-15-17-4-7-19(8-5-17)23-10-12-25-13-11-23/h4-9,14H,3,10-13,15H2,1-2H3,(H,22,24). The molecule has 2 aromatic carbocycles. The van der Waals surface area contributed by atoms with Gasteiger partial charge in [-0.3, -0.25) is 4.79 Å². The first-order chi connectivity index (χ1) is 12.7. The molecule has 138 valence electrons. The number of benzene rings is 2. The molecule has 0 aromatic heterocycles. The summed E-state index contributed by atoms with van der Waals surface area (Å²) in [4.78, 5) is 14.7. The fourth-order valence-corrected chi connectivity index (χ4v) is 3.04. The first kappa shape index (κ1) is 18.3. The van der Waals surface area contributed by atoms with Gasteiger partial charge in [0.2, 0.25) is 0 Å². The van der Waals surface area contributed by atoms with Gasteiger partial charge in [-0.05, 0) is 55.3 Å². The monoisotopic (exact) mass is 354 g/mol. The van der Waals surface area contributed by atoms with Crippen LogP contribution in [0.3, 0.4) is 0 Å². The van der Waals surface area contributed by atoms with E-state index in [2.05, 4.69) is 34.5 Å². The number of hydrogen-bond donors (Lipinski definition) is 1. The Balaban J connectivity index is 1.56. The topological polar surface area (TPSA) is 50.8 Å². The second kappa shape index (κ2) is 8.72. The Labute approximate surface area is 154 Å². The maximum atomic E-state index is 12.4. The number of nitrogens with zero attached hydrogens (tertiary/aromatic N) is 1. The van der Waals surface area contributed by atoms with Crippen molar-refractivity contribution in [3.8, 4) is 5.75 Å². The SMILES string of the molecule is CCOc1ccc(C(=O)NCc2ccc(N3CCOCC3)cc2)cc1C. The Hall–Kier alpha value is -2.53. The van der Waals surface area contributed by atoms with Crippen molar-refractivity contribution in [2.45, 2.75) is 20.4 Å². The average molecular weight is 354 g/mol. The Kier molecular flexibility index (Phi) is 6.12. The van der Waals surface area contributed by atoms with Crippen molar-refractivity contribution in [2.24, 2.45) is 0 Å². The summed E-state index contributed by atoms with van der Waals surface area (Å²) < 4.78 is 10.9. The Morgan fingerprint density at radius 3 is 2.54 bits per heavy atom. The van der Waals surface area contributed by atoms with Gasteiger partial charge in [0.05, 0.1) is 19.8 Å². The molecule has 1 aliphatic heterocycles. The molecule has 1 N–H and O–H groups in total. The van der Waals surface area contributed by atoms with Crippen molar-refractivity contribution in [1.29, 1.82) is 0 Å². The zero-order valence-corrected chi connectivity index (χ0v) is 15.5. The van der Waals surface area contributed by atoms with Crippen molar-refractivity contribution in [3.63, 3.8) is 0 Å². The number of amides is 1. The summed E-state index contributed by atoms with van der Waals surface area (Å²) in [5.74, 6) is 0.746. The number of aryl methyl sites for hydroxylation is 1. The van der Waals surface area contributed by atoms with Crippen LogP contribution in [0.1, 0.15) is 28.4 Å². The molecule has 0 aliphatic carbocycles. The molecule has 0 spiro atoms. The molecule has 1 heterocycles. The molecule has 5 heteroatoms. The highest BCUT2D eigenvalue weighted by atomic mass is 16.5. The molecule has 3 rings (SSSR count). The predicted molar refractivity (Wildman–Crippen MR) is 103 cm³/mol. The van der Waals surface area contributed by atoms with Gasteiger partial charge >= 0.3 is 0 Å². The highest BCUT2D eigenvalue weighted by molar-refractivity contribution is 5.94. The molecule has 2 aromatic rings. The maximum absolute atomic E-state index is 12.4. The zero-order chi connectivity index (χ0) is 18.4. The highest BCUT2D eigenvalue weighted by Gasteiger charge is 2.11. The van der Waals surface area contributed by atoms with E-state index in [0.29, 0.717) is 18.7 Å². The highest BCUT2D eigenvalue weighted by Crippen LogP contribution is 2.19. The number of rotatable bonds is 6. The van der Waals surface area contributed by atoms with E-state index < -0.39 is 0 Å². The third kappa shape index (κ3) is 4.55. The number of hydrogen-bond acceptors (Lipinski definition) is 4. The number of carbonyl (C=O) groups excluding carboxylic acids is 1. The van der Waals surface area contributed by atoms with E-state index >= 15 is 0 Å². The lowest BCUT2D eigenvalue weighted by Crippen LogP contribution is -2.36. The molecule has 0 bridgehead atoms. The number of carbonyl (C=O) groups is 1. The van der Waals surface area contributed by atoms with Gasteiger partial charge in [-0.2, -0.15) is 0 Å². The van der Waals surface area contributed by atoms with Crippen molar-refractivity contribution in [2.75, 3.05) is 37.8 Å². The third-order valence-electron chi connectivity index (χ3n) is 4.50. The number of ether oxygens (including phenoxy) is 2. The summed E-state index contributed by atoms with van der Waals surface area (Å²) in [6.07, 6.45) is 0. The van der Waals surface area contributed by atoms with Gasteiger partial charge < -0.3 is 19.7 Å². The van der Waals surface area contributed by atoms with Gasteiger partial charge in [-0.25, -0.2) is 0 Å². The summed E-state index contributed by atoms with van der Waals surface area (Å²) in [5, 5.41) is 2.98. The van der Waals surface area contributed by atoms with E-state index in [-0.39, 0.29) is 5.91 Å². The van der Waals surface area contributed by atoms with E-state index in [9.17, 15) is 4.79 Å². The first-order valence-corrected chi connectivity index (χ1v) is 9.10. The van der Waals surface area contributed by atoms with Crippen LogP contribution in [-0.2, 0) is 11.3 Å². The van der Waals surface area contributed by atoms with E-state index in [4.69, 9.17) is 9.47 Å². The molecule has 0 unspecified atom stereocenters. The summed E-state index contributed by atoms with van der Waals surface area (Å²) in [6.45, 7) is 8.43. The van der Waals surface area contributed by atoms with Crippen LogP contribution in [0.2, 0.25) is 0 Å². The number of morpholine rings is 1. The minimum Gasteiger partial charge on any atom is -0.494 e. The van der Waals surface area contributed by atoms with Gasteiger partial charge in [0.25, 0.3) is 5.91 Å². The lowest BCUT2D eigenvalue weighted by Gasteiger charge is -2.28. The Bertz CT molecular complexity index is 737. The van der Waals surface area contributed by atoms with E-state index in [0.717, 1.165) is 43.2 Å². The fraction of sp³-hybridized carbons (Fsp3) is 0.381. The minimum absolute atomic E-state index is 0.0756. The second-order valence-electron chi connectivity index (χ2n) is 6.36. The average Bonchev–Trinajstić information content (AvgIpc) is 2.69. The van der Waals surface area contributed by atoms with Gasteiger partial charge in [0, 0.05) is 30.9 Å². The molecule has 0 saturated carbocycles. The maximum Gasteiger partial charge on any atom is 0.251 e. The van der Waals surface area contributed by atoms with Crippen LogP contribution < -0.4 is 15.0 Å². The molecule has 0 radical (unpaired) electrons. The number of nitrogens with one attached hydrogen (secondary N) is 1. The number of anilines is 1. The molecule has 1 aliphatic rings. The lowest BCUT2D eigenvalue weighted by molar-refractivity contribution is 0.0950. The van der Waals surface area contributed by atoms with E-state index in [1.54, 1.807) is 6.07 Å². The minimum atomic E-state index is -0.0756. The van der Waals surface area contributed by atoms with Gasteiger partial charge in [-0.15, -0.1) is 0 Å². The fourth-order valence-electron chi connectivity index (χ4n) is 3.04. The first-order valence-electron chi connectivity index (χ1n) is 9.10. The third-order valence-corrected chi connectivity index (χ3v) is 4.50. The molecule has 1 amide bonds. The van der Waals surface area contributed by atoms with Gasteiger partial charge in [0.15, 0.2) is 0 Å². The second-order valence-corrected chi connectivity index (χ2v) is 6.36. The van der Waals surface area contributed by atoms with Crippen LogP contribution in [-0.4, -0.2) is 38.8 Å². The molecule has 1 fully saturated rings. The van der Waals surface area contributed by atoms with Crippen molar-refractivity contribution in [1.82, 2.24) is 5.32 Å². The van der Waals surface area contributed by atoms with Crippen LogP contribution >= 0.6 is 0 Å². The smallest absolute Gasteiger partial charge is 0.251 e. The van der Waals surface area contributed by atoms with Crippen LogP contribution in [0, 0.1) is 6.92 Å². The quantitative estimate of drug-likeness (QED) is 0.866. The van der Waals surface area contributed by atoms with Crippen LogP contribution in [0.5, 0.6) is 5.75 Å². The molecular weight excluding hydrogens is 328 g/mol. The summed E-state index contributed by atoms with van der Waals surface area (Å²) in [5.41, 5.74) is 3.90. The van der Waals surface area contributed by atoms with Crippen molar-refractivity contribution >= 4 is 11.6 Å². The lowest BCUT2D eigenvalue weighted by atomic mass is 10.1. The predicted octanol–water partition coefficient (Wildman–Crippen LogP) is 3.16. The zero-order valence-electron chi connectivity index (χ0n) is 15.5. The normalized spacial score (nSPS) is 14.2. The van der Waals surface area contributed by atoms with Crippen LogP contribution in [0.25, 0.3) is 0 Å². The van der Waals surface area contributed by atoms with Gasteiger partial charge in [-0.1, -0.05) is 12.1 Å². The summed E-state index contributed by atoms with van der Waals surface area (Å²) in [6, 6.07) is 13.9. The summed E-state index contributed by atoms with van der Waals surface area (Å²) in [7, 11) is 0. The largest absolute Gasteiger partial charge is 0.494 e. The van der Waals surface area contributed by atoms with Crippen LogP contribution in [0.4, 0.5) is 5.69 Å². The molecule has 26 heavy (non-hydrogen) atoms. The van der Waals surface area contributed by atoms with Crippen molar-refractivity contribution < 1.29 is 14.3 Å². The Morgan fingerprint density at radius 1 is 1.15 bits per heavy atom. The van der Waals surface area contributed by atoms with E-state index in [1.165, 1.54) is 5.69 Å². The Morgan fingerprint density at radius 2 is 1.88 bits per heavy atom. The summed E-state index contributed by atoms with van der Waals surface area (Å²) >= 11 is 0. The van der Waals surface area contributed by atoms with Crippen LogP contribution in [0.15, 0.2) is 42.5 Å². The molecule has 5 nitrogen and oxygen atoms in total. The van der Waals surface area contributed by atoms with Gasteiger partial charge in [0.1, 0.15) is 5.75 Å². The van der Waals surface area contributed by atoms with Crippen molar-refractivity contribution in [3.05, 3.63) is 59.2 Å². The molecular formula is C21H26N2O3. The van der Waals surface area contributed by atoms with E-state index in [1.807, 2.05) is 26.0 Å².